The molecular formula is C13H7N3O4. The lowest BCUT2D eigenvalue weighted by atomic mass is 10.2. The zero-order chi connectivity index (χ0) is 14.3. The second-order valence-electron chi connectivity index (χ2n) is 4.07. The van der Waals surface area contributed by atoms with Crippen molar-refractivity contribution in [3.8, 4) is 0 Å². The van der Waals surface area contributed by atoms with E-state index in [1.54, 1.807) is 0 Å². The lowest BCUT2D eigenvalue weighted by Gasteiger charge is -2.10. The Morgan fingerprint density at radius 1 is 0.950 bits per heavy atom. The van der Waals surface area contributed by atoms with Gasteiger partial charge in [-0.25, -0.2) is 4.90 Å². The van der Waals surface area contributed by atoms with Gasteiger partial charge in [-0.15, -0.1) is 0 Å². The van der Waals surface area contributed by atoms with E-state index in [1.165, 1.54) is 30.5 Å². The fourth-order valence-electron chi connectivity index (χ4n) is 1.98. The van der Waals surface area contributed by atoms with Crippen LogP contribution in [0.2, 0.25) is 0 Å². The Hall–Kier alpha value is -3.09. The summed E-state index contributed by atoms with van der Waals surface area (Å²) in [6.07, 6.45) is 1.39. The van der Waals surface area contributed by atoms with Crippen LogP contribution in [-0.2, 0) is 0 Å². The monoisotopic (exact) mass is 269 g/mol. The van der Waals surface area contributed by atoms with Crippen molar-refractivity contribution in [2.24, 2.45) is 0 Å². The van der Waals surface area contributed by atoms with E-state index in [0.717, 1.165) is 11.0 Å². The van der Waals surface area contributed by atoms with Crippen LogP contribution in [0.3, 0.4) is 0 Å². The highest BCUT2D eigenvalue weighted by atomic mass is 16.2. The molecule has 3 rings (SSSR count). The molecule has 0 fully saturated rings. The number of carbonyl (C=O) groups excluding carboxylic acids is 2. The fourth-order valence-corrected chi connectivity index (χ4v) is 1.98. The number of fused-ring (bicyclic) bond motifs is 1. The summed E-state index contributed by atoms with van der Waals surface area (Å²) in [5.41, 5.74) is -1.51. The van der Waals surface area contributed by atoms with Crippen molar-refractivity contribution in [2.45, 2.75) is 0 Å². The first kappa shape index (κ1) is 12.0. The van der Waals surface area contributed by atoms with E-state index in [1.807, 2.05) is 4.98 Å². The Kier molecular flexibility index (Phi) is 2.53. The molecule has 7 nitrogen and oxygen atoms in total. The van der Waals surface area contributed by atoms with E-state index >= 15 is 0 Å². The lowest BCUT2D eigenvalue weighted by molar-refractivity contribution is 0.0924. The highest BCUT2D eigenvalue weighted by Gasteiger charge is 2.38. The molecule has 0 atom stereocenters. The van der Waals surface area contributed by atoms with E-state index in [0.29, 0.717) is 0 Å². The second kappa shape index (κ2) is 4.23. The minimum Gasteiger partial charge on any atom is -0.287 e. The molecule has 0 saturated heterocycles. The molecule has 0 bridgehead atoms. The average Bonchev–Trinajstić information content (AvgIpc) is 2.57. The van der Waals surface area contributed by atoms with Gasteiger partial charge >= 0.3 is 0 Å². The molecule has 1 aliphatic heterocycles. The van der Waals surface area contributed by atoms with Crippen molar-refractivity contribution in [1.82, 2.24) is 9.97 Å². The Morgan fingerprint density at radius 3 is 2.50 bits per heavy atom. The van der Waals surface area contributed by atoms with Crippen molar-refractivity contribution in [1.29, 1.82) is 0 Å². The number of aromatic nitrogens is 2. The molecule has 0 spiro atoms. The summed E-state index contributed by atoms with van der Waals surface area (Å²) in [6.45, 7) is 0. The number of aromatic amines is 1. The number of carbonyl (C=O) groups is 2. The van der Waals surface area contributed by atoms with E-state index in [9.17, 15) is 19.2 Å². The van der Waals surface area contributed by atoms with Gasteiger partial charge in [0.25, 0.3) is 22.9 Å². The lowest BCUT2D eigenvalue weighted by Crippen LogP contribution is -2.34. The summed E-state index contributed by atoms with van der Waals surface area (Å²) in [5.74, 6) is -1.32. The molecule has 7 heteroatoms. The van der Waals surface area contributed by atoms with E-state index in [-0.39, 0.29) is 16.9 Å². The predicted molar refractivity (Wildman–Crippen MR) is 68.7 cm³/mol. The summed E-state index contributed by atoms with van der Waals surface area (Å²) >= 11 is 0. The molecular weight excluding hydrogens is 262 g/mol. The number of imide groups is 1. The van der Waals surface area contributed by atoms with Gasteiger partial charge in [-0.05, 0) is 18.2 Å². The molecule has 1 N–H and O–H groups in total. The first-order chi connectivity index (χ1) is 9.59. The number of pyridine rings is 1. The summed E-state index contributed by atoms with van der Waals surface area (Å²) in [4.78, 5) is 54.0. The SMILES string of the molecule is O=C1c2cccnc2C(=O)N1c1cccc(=O)[nH]c1=O. The normalized spacial score (nSPS) is 13.5. The van der Waals surface area contributed by atoms with Crippen molar-refractivity contribution < 1.29 is 9.59 Å². The number of hydrogen-bond donors (Lipinski definition) is 1. The molecule has 0 aromatic carbocycles. The van der Waals surface area contributed by atoms with Gasteiger partial charge in [0.05, 0.1) is 5.56 Å². The van der Waals surface area contributed by atoms with Crippen LogP contribution >= 0.6 is 0 Å². The predicted octanol–water partition coefficient (Wildman–Crippen LogP) is -0.0693. The number of H-pyrrole nitrogens is 1. The molecule has 0 aliphatic carbocycles. The van der Waals surface area contributed by atoms with Crippen molar-refractivity contribution in [3.05, 3.63) is 68.5 Å². The first-order valence-corrected chi connectivity index (χ1v) is 5.67. The molecule has 0 saturated carbocycles. The number of nitrogens with zero attached hydrogens (tertiary/aromatic N) is 2. The summed E-state index contributed by atoms with van der Waals surface area (Å²) in [7, 11) is 0. The summed E-state index contributed by atoms with van der Waals surface area (Å²) in [5, 5.41) is 0. The minimum atomic E-state index is -0.811. The molecule has 1 aliphatic rings. The van der Waals surface area contributed by atoms with Gasteiger partial charge < -0.3 is 0 Å². The molecule has 2 amide bonds. The standard InChI is InChI=1S/C13H7N3O4/c17-9-5-1-4-8(11(18)15-9)16-12(19)7-3-2-6-14-10(7)13(16)20/h1-6H,(H,15,17,18). The average molecular weight is 269 g/mol. The second-order valence-corrected chi connectivity index (χ2v) is 4.07. The van der Waals surface area contributed by atoms with Crippen molar-refractivity contribution in [3.63, 3.8) is 0 Å². The topological polar surface area (TPSA) is 100 Å². The number of amides is 2. The van der Waals surface area contributed by atoms with Gasteiger partial charge in [0, 0.05) is 12.3 Å². The Morgan fingerprint density at radius 2 is 1.75 bits per heavy atom. The van der Waals surface area contributed by atoms with Crippen LogP contribution in [0.5, 0.6) is 0 Å². The van der Waals surface area contributed by atoms with Crippen LogP contribution in [0.25, 0.3) is 0 Å². The van der Waals surface area contributed by atoms with Crippen LogP contribution in [0, 0.1) is 0 Å². The molecule has 98 valence electrons. The molecule has 20 heavy (non-hydrogen) atoms. The van der Waals surface area contributed by atoms with Gasteiger partial charge in [0.2, 0.25) is 0 Å². The van der Waals surface area contributed by atoms with E-state index < -0.39 is 22.9 Å². The third kappa shape index (κ3) is 1.64. The minimum absolute atomic E-state index is 0.00856. The number of nitrogens with one attached hydrogen (secondary N) is 1. The van der Waals surface area contributed by atoms with E-state index in [4.69, 9.17) is 0 Å². The highest BCUT2D eigenvalue weighted by molar-refractivity contribution is 6.33. The smallest absolute Gasteiger partial charge is 0.284 e. The number of hydrogen-bond acceptors (Lipinski definition) is 5. The molecule has 3 heterocycles. The van der Waals surface area contributed by atoms with Crippen LogP contribution in [0.1, 0.15) is 20.8 Å². The Labute approximate surface area is 111 Å². The van der Waals surface area contributed by atoms with Gasteiger partial charge in [0.1, 0.15) is 11.4 Å². The van der Waals surface area contributed by atoms with Crippen LogP contribution in [0.4, 0.5) is 5.69 Å². The van der Waals surface area contributed by atoms with Gasteiger partial charge in [-0.2, -0.15) is 0 Å². The number of rotatable bonds is 1. The third-order valence-electron chi connectivity index (χ3n) is 2.86. The van der Waals surface area contributed by atoms with Crippen LogP contribution in [0.15, 0.2) is 46.1 Å². The summed E-state index contributed by atoms with van der Waals surface area (Å²) in [6, 6.07) is 6.65. The van der Waals surface area contributed by atoms with E-state index in [2.05, 4.69) is 4.98 Å². The number of anilines is 1. The zero-order valence-electron chi connectivity index (χ0n) is 9.99. The maximum Gasteiger partial charge on any atom is 0.284 e. The maximum atomic E-state index is 12.2. The van der Waals surface area contributed by atoms with Crippen molar-refractivity contribution >= 4 is 17.5 Å². The zero-order valence-corrected chi connectivity index (χ0v) is 9.99. The Bertz CT molecular complexity index is 821. The summed E-state index contributed by atoms with van der Waals surface area (Å²) < 4.78 is 0. The van der Waals surface area contributed by atoms with Crippen LogP contribution in [-0.4, -0.2) is 21.8 Å². The maximum absolute atomic E-state index is 12.2. The largest absolute Gasteiger partial charge is 0.287 e. The fraction of sp³-hybridized carbons (Fsp3) is 0. The van der Waals surface area contributed by atoms with Crippen LogP contribution < -0.4 is 16.0 Å². The quantitative estimate of drug-likeness (QED) is 0.730. The van der Waals surface area contributed by atoms with Gasteiger partial charge in [0.15, 0.2) is 0 Å². The molecule has 2 aromatic heterocycles. The molecule has 2 aromatic rings. The first-order valence-electron chi connectivity index (χ1n) is 5.67. The molecule has 0 unspecified atom stereocenters. The molecule has 0 radical (unpaired) electrons. The highest BCUT2D eigenvalue weighted by Crippen LogP contribution is 2.23. The van der Waals surface area contributed by atoms with Gasteiger partial charge in [-0.3, -0.25) is 29.1 Å². The third-order valence-corrected chi connectivity index (χ3v) is 2.86. The Balaban J connectivity index is 2.23. The van der Waals surface area contributed by atoms with Crippen molar-refractivity contribution in [2.75, 3.05) is 4.90 Å². The van der Waals surface area contributed by atoms with Gasteiger partial charge in [-0.1, -0.05) is 6.07 Å².